The van der Waals surface area contributed by atoms with Gasteiger partial charge >= 0.3 is 0 Å². The van der Waals surface area contributed by atoms with Crippen LogP contribution in [0.25, 0.3) is 0 Å². The monoisotopic (exact) mass is 241 g/mol. The summed E-state index contributed by atoms with van der Waals surface area (Å²) >= 11 is 7.49. The van der Waals surface area contributed by atoms with E-state index in [-0.39, 0.29) is 6.04 Å². The average molecular weight is 242 g/mol. The van der Waals surface area contributed by atoms with Gasteiger partial charge in [0.1, 0.15) is 0 Å². The highest BCUT2D eigenvalue weighted by molar-refractivity contribution is 7.16. The van der Waals surface area contributed by atoms with Crippen molar-refractivity contribution in [2.24, 2.45) is 5.73 Å². The molecule has 2 rings (SSSR count). The number of allylic oxidation sites excluding steroid dienone is 1. The van der Waals surface area contributed by atoms with Crippen molar-refractivity contribution in [2.75, 3.05) is 0 Å². The van der Waals surface area contributed by atoms with Gasteiger partial charge in [0.2, 0.25) is 0 Å². The highest BCUT2D eigenvalue weighted by Crippen LogP contribution is 2.31. The second kappa shape index (κ2) is 5.15. The molecule has 2 N–H and O–H groups in total. The highest BCUT2D eigenvalue weighted by Gasteiger charge is 2.12. The summed E-state index contributed by atoms with van der Waals surface area (Å²) in [6.45, 7) is 0. The maximum absolute atomic E-state index is 6.15. The third-order valence-electron chi connectivity index (χ3n) is 2.83. The quantitative estimate of drug-likeness (QED) is 0.785. The molecule has 82 valence electrons. The largest absolute Gasteiger partial charge is 0.323 e. The number of nitrogens with two attached hydrogens (primary N) is 1. The van der Waals surface area contributed by atoms with Gasteiger partial charge in [-0.1, -0.05) is 23.3 Å². The lowest BCUT2D eigenvalue weighted by Crippen LogP contribution is -2.10. The summed E-state index contributed by atoms with van der Waals surface area (Å²) in [5, 5.41) is 0. The Morgan fingerprint density at radius 1 is 1.40 bits per heavy atom. The average Bonchev–Trinajstić information content (AvgIpc) is 2.66. The van der Waals surface area contributed by atoms with Crippen LogP contribution in [0.2, 0.25) is 4.34 Å². The second-order valence-corrected chi connectivity index (χ2v) is 5.81. The van der Waals surface area contributed by atoms with Gasteiger partial charge in [-0.25, -0.2) is 0 Å². The summed E-state index contributed by atoms with van der Waals surface area (Å²) in [6.07, 6.45) is 8.47. The van der Waals surface area contributed by atoms with Gasteiger partial charge in [0.05, 0.1) is 4.34 Å². The van der Waals surface area contributed by atoms with Crippen molar-refractivity contribution in [3.8, 4) is 0 Å². The fourth-order valence-corrected chi connectivity index (χ4v) is 3.06. The van der Waals surface area contributed by atoms with Crippen LogP contribution in [0.1, 0.15) is 43.0 Å². The van der Waals surface area contributed by atoms with E-state index in [4.69, 9.17) is 17.3 Å². The minimum atomic E-state index is 0.131. The molecule has 1 unspecified atom stereocenters. The van der Waals surface area contributed by atoms with Crippen LogP contribution >= 0.6 is 22.9 Å². The third kappa shape index (κ3) is 3.07. The van der Waals surface area contributed by atoms with Gasteiger partial charge in [0.15, 0.2) is 0 Å². The predicted octanol–water partition coefficient (Wildman–Crippen LogP) is 4.29. The molecule has 0 saturated heterocycles. The minimum absolute atomic E-state index is 0.131. The van der Waals surface area contributed by atoms with Gasteiger partial charge in [-0.15, -0.1) is 11.3 Å². The summed E-state index contributed by atoms with van der Waals surface area (Å²) in [7, 11) is 0. The Morgan fingerprint density at radius 2 is 2.27 bits per heavy atom. The first-order chi connectivity index (χ1) is 7.25. The van der Waals surface area contributed by atoms with Gasteiger partial charge in [0, 0.05) is 10.9 Å². The van der Waals surface area contributed by atoms with Crippen LogP contribution in [0.15, 0.2) is 23.8 Å². The number of hydrogen-bond donors (Lipinski definition) is 1. The van der Waals surface area contributed by atoms with Crippen molar-refractivity contribution < 1.29 is 0 Å². The summed E-state index contributed by atoms with van der Waals surface area (Å²) in [6, 6.07) is 4.10. The maximum Gasteiger partial charge on any atom is 0.0931 e. The fourth-order valence-electron chi connectivity index (χ4n) is 2.00. The topological polar surface area (TPSA) is 26.0 Å². The van der Waals surface area contributed by atoms with Gasteiger partial charge in [-0.3, -0.25) is 0 Å². The van der Waals surface area contributed by atoms with E-state index in [1.165, 1.54) is 36.1 Å². The Morgan fingerprint density at radius 3 is 2.87 bits per heavy atom. The molecular weight excluding hydrogens is 226 g/mol. The van der Waals surface area contributed by atoms with E-state index in [1.807, 2.05) is 12.1 Å². The summed E-state index contributed by atoms with van der Waals surface area (Å²) in [4.78, 5) is 1.20. The molecule has 0 bridgehead atoms. The molecule has 1 atom stereocenters. The number of hydrogen-bond acceptors (Lipinski definition) is 2. The zero-order chi connectivity index (χ0) is 10.7. The minimum Gasteiger partial charge on any atom is -0.323 e. The first-order valence-corrected chi connectivity index (χ1v) is 6.64. The lowest BCUT2D eigenvalue weighted by atomic mass is 9.94. The molecule has 15 heavy (non-hydrogen) atoms. The van der Waals surface area contributed by atoms with Crippen LogP contribution in [-0.4, -0.2) is 0 Å². The molecule has 0 amide bonds. The van der Waals surface area contributed by atoms with E-state index < -0.39 is 0 Å². The molecule has 0 radical (unpaired) electrons. The summed E-state index contributed by atoms with van der Waals surface area (Å²) in [5.41, 5.74) is 7.68. The van der Waals surface area contributed by atoms with Crippen molar-refractivity contribution in [3.05, 3.63) is 33.0 Å². The molecule has 1 aliphatic rings. The third-order valence-corrected chi connectivity index (χ3v) is 4.19. The van der Waals surface area contributed by atoms with Crippen molar-refractivity contribution >= 4 is 22.9 Å². The van der Waals surface area contributed by atoms with Gasteiger partial charge < -0.3 is 5.73 Å². The molecule has 0 fully saturated rings. The van der Waals surface area contributed by atoms with E-state index >= 15 is 0 Å². The van der Waals surface area contributed by atoms with Crippen molar-refractivity contribution in [1.29, 1.82) is 0 Å². The molecule has 3 heteroatoms. The first kappa shape index (κ1) is 11.2. The number of halogens is 1. The Hall–Kier alpha value is -0.310. The zero-order valence-electron chi connectivity index (χ0n) is 8.71. The van der Waals surface area contributed by atoms with Crippen LogP contribution in [-0.2, 0) is 0 Å². The predicted molar refractivity (Wildman–Crippen MR) is 67.4 cm³/mol. The molecule has 0 spiro atoms. The zero-order valence-corrected chi connectivity index (χ0v) is 10.3. The van der Waals surface area contributed by atoms with Crippen LogP contribution in [0.3, 0.4) is 0 Å². The smallest absolute Gasteiger partial charge is 0.0931 e. The Kier molecular flexibility index (Phi) is 3.84. The van der Waals surface area contributed by atoms with E-state index in [0.717, 1.165) is 10.8 Å². The lowest BCUT2D eigenvalue weighted by molar-refractivity contribution is 0.633. The molecule has 1 aliphatic carbocycles. The van der Waals surface area contributed by atoms with E-state index in [1.54, 1.807) is 11.3 Å². The summed E-state index contributed by atoms with van der Waals surface area (Å²) in [5.74, 6) is 0. The number of rotatable bonds is 3. The Labute approximate surface area is 99.9 Å². The molecule has 1 nitrogen and oxygen atoms in total. The Bertz CT molecular complexity index is 356. The van der Waals surface area contributed by atoms with Crippen LogP contribution in [0.4, 0.5) is 0 Å². The summed E-state index contributed by atoms with van der Waals surface area (Å²) < 4.78 is 0.832. The van der Waals surface area contributed by atoms with Crippen LogP contribution in [0.5, 0.6) is 0 Å². The van der Waals surface area contributed by atoms with Gasteiger partial charge in [-0.05, 0) is 44.2 Å². The van der Waals surface area contributed by atoms with E-state index in [9.17, 15) is 0 Å². The van der Waals surface area contributed by atoms with Gasteiger partial charge in [0.25, 0.3) is 0 Å². The number of thiophene rings is 1. The molecule has 0 aliphatic heterocycles. The molecule has 1 heterocycles. The van der Waals surface area contributed by atoms with Crippen molar-refractivity contribution in [1.82, 2.24) is 0 Å². The normalized spacial score (nSPS) is 18.7. The van der Waals surface area contributed by atoms with Crippen molar-refractivity contribution in [2.45, 2.75) is 38.1 Å². The van der Waals surface area contributed by atoms with Crippen LogP contribution < -0.4 is 5.73 Å². The second-order valence-electron chi connectivity index (χ2n) is 4.06. The molecular formula is C12H16ClNS. The molecule has 0 saturated carbocycles. The van der Waals surface area contributed by atoms with Crippen LogP contribution in [0, 0.1) is 0 Å². The maximum atomic E-state index is 6.15. The lowest BCUT2D eigenvalue weighted by Gasteiger charge is -2.16. The van der Waals surface area contributed by atoms with E-state index in [0.29, 0.717) is 0 Å². The van der Waals surface area contributed by atoms with Gasteiger partial charge in [-0.2, -0.15) is 0 Å². The molecule has 1 aromatic rings. The first-order valence-electron chi connectivity index (χ1n) is 5.44. The Balaban J connectivity index is 1.97. The SMILES string of the molecule is NC(CC1=CCCCC1)c1ccc(Cl)s1. The van der Waals surface area contributed by atoms with E-state index in [2.05, 4.69) is 6.08 Å². The fraction of sp³-hybridized carbons (Fsp3) is 0.500. The molecule has 1 aromatic heterocycles. The highest BCUT2D eigenvalue weighted by atomic mass is 35.5. The standard InChI is InChI=1S/C12H16ClNS/c13-12-7-6-11(15-12)10(14)8-9-4-2-1-3-5-9/h4,6-7,10H,1-3,5,8,14H2. The molecule has 0 aromatic carbocycles. The van der Waals surface area contributed by atoms with Crippen molar-refractivity contribution in [3.63, 3.8) is 0 Å².